The lowest BCUT2D eigenvalue weighted by Crippen LogP contribution is -1.96. The van der Waals surface area contributed by atoms with Crippen LogP contribution in [0.4, 0.5) is 0 Å². The molecule has 3 aromatic rings. The minimum Gasteiger partial charge on any atom is -0.282 e. The second-order valence-electron chi connectivity index (χ2n) is 4.12. The Kier molecular flexibility index (Phi) is 4.11. The van der Waals surface area contributed by atoms with E-state index in [0.29, 0.717) is 0 Å². The fourth-order valence-corrected chi connectivity index (χ4v) is 1.98. The van der Waals surface area contributed by atoms with E-state index in [1.54, 1.807) is 12.1 Å². The van der Waals surface area contributed by atoms with Crippen molar-refractivity contribution in [1.82, 2.24) is 15.4 Å². The van der Waals surface area contributed by atoms with Crippen molar-refractivity contribution in [3.05, 3.63) is 54.1 Å². The summed E-state index contributed by atoms with van der Waals surface area (Å²) < 4.78 is 29.6. The minimum atomic E-state index is -4.02. The second-order valence-corrected chi connectivity index (χ2v) is 5.54. The molecule has 104 valence electrons. The monoisotopic (exact) mass is 291 g/mol. The molecule has 0 bridgehead atoms. The average Bonchev–Trinajstić information content (AvgIpc) is 2.87. The van der Waals surface area contributed by atoms with Gasteiger partial charge in [-0.25, -0.2) is 0 Å². The van der Waals surface area contributed by atoms with Crippen molar-refractivity contribution in [3.63, 3.8) is 0 Å². The van der Waals surface area contributed by atoms with Crippen LogP contribution in [0.5, 0.6) is 0 Å². The molecule has 0 saturated heterocycles. The summed E-state index contributed by atoms with van der Waals surface area (Å²) in [5.74, 6) is 0. The molecule has 0 fully saturated rings. The number of aryl methyl sites for hydroxylation is 1. The number of H-pyrrole nitrogens is 1. The lowest BCUT2D eigenvalue weighted by atomic mass is 10.2. The molecule has 20 heavy (non-hydrogen) atoms. The molecule has 0 spiro atoms. The standard InChI is InChI=1S/C7H8O3S.C6H5N3/c1-6-2-4-7(5-3-6)11(8,9)10;1-2-4-6-5(3-1)7-9-8-6/h2-5H,1H3,(H,8,9,10);1-4H,(H,7,8,9). The number of fused-ring (bicyclic) bond motifs is 1. The molecule has 6 nitrogen and oxygen atoms in total. The zero-order valence-corrected chi connectivity index (χ0v) is 11.5. The van der Waals surface area contributed by atoms with E-state index in [0.717, 1.165) is 16.6 Å². The Morgan fingerprint density at radius 3 is 2.30 bits per heavy atom. The van der Waals surface area contributed by atoms with Gasteiger partial charge in [0.05, 0.1) is 10.4 Å². The van der Waals surface area contributed by atoms with Gasteiger partial charge in [-0.3, -0.25) is 9.65 Å². The summed E-state index contributed by atoms with van der Waals surface area (Å²) in [5, 5.41) is 10.2. The summed E-state index contributed by atoms with van der Waals surface area (Å²) in [6, 6.07) is 13.7. The van der Waals surface area contributed by atoms with Gasteiger partial charge >= 0.3 is 0 Å². The summed E-state index contributed by atoms with van der Waals surface area (Å²) >= 11 is 0. The highest BCUT2D eigenvalue weighted by atomic mass is 32.2. The number of hydrogen-bond acceptors (Lipinski definition) is 4. The second kappa shape index (κ2) is 5.81. The number of hydrogen-bond donors (Lipinski definition) is 2. The van der Waals surface area contributed by atoms with Crippen LogP contribution in [0.25, 0.3) is 11.0 Å². The summed E-state index contributed by atoms with van der Waals surface area (Å²) in [7, 11) is -4.02. The van der Waals surface area contributed by atoms with E-state index in [1.165, 1.54) is 12.1 Å². The van der Waals surface area contributed by atoms with Gasteiger partial charge in [0, 0.05) is 0 Å². The maximum atomic E-state index is 10.5. The van der Waals surface area contributed by atoms with Gasteiger partial charge in [0.25, 0.3) is 10.1 Å². The van der Waals surface area contributed by atoms with Gasteiger partial charge < -0.3 is 0 Å². The number of rotatable bonds is 1. The highest BCUT2D eigenvalue weighted by Crippen LogP contribution is 2.08. The molecule has 2 aromatic carbocycles. The zero-order chi connectivity index (χ0) is 14.6. The van der Waals surface area contributed by atoms with Crippen LogP contribution in [0.1, 0.15) is 5.56 Å². The van der Waals surface area contributed by atoms with E-state index in [-0.39, 0.29) is 4.90 Å². The SMILES string of the molecule is Cc1ccc(S(=O)(=O)O)cc1.c1ccc2[nH]nnc2c1. The van der Waals surface area contributed by atoms with Gasteiger partial charge in [-0.05, 0) is 31.2 Å². The first-order chi connectivity index (χ1) is 9.47. The first-order valence-corrected chi connectivity index (χ1v) is 7.21. The van der Waals surface area contributed by atoms with Gasteiger partial charge in [0.2, 0.25) is 0 Å². The van der Waals surface area contributed by atoms with Crippen LogP contribution in [-0.2, 0) is 10.1 Å². The van der Waals surface area contributed by atoms with Gasteiger partial charge in [-0.1, -0.05) is 35.0 Å². The van der Waals surface area contributed by atoms with E-state index in [2.05, 4.69) is 15.4 Å². The molecule has 0 aliphatic rings. The predicted molar refractivity (Wildman–Crippen MR) is 74.9 cm³/mol. The van der Waals surface area contributed by atoms with Crippen molar-refractivity contribution in [1.29, 1.82) is 0 Å². The Morgan fingerprint density at radius 2 is 1.70 bits per heavy atom. The zero-order valence-electron chi connectivity index (χ0n) is 10.7. The summed E-state index contributed by atoms with van der Waals surface area (Å²) in [6.07, 6.45) is 0. The molecule has 0 aliphatic heterocycles. The quantitative estimate of drug-likeness (QED) is 0.670. The fraction of sp³-hybridized carbons (Fsp3) is 0.0769. The smallest absolute Gasteiger partial charge is 0.282 e. The lowest BCUT2D eigenvalue weighted by Gasteiger charge is -1.95. The van der Waals surface area contributed by atoms with Gasteiger partial charge in [0.1, 0.15) is 5.52 Å². The first-order valence-electron chi connectivity index (χ1n) is 5.77. The number of aromatic nitrogens is 3. The summed E-state index contributed by atoms with van der Waals surface area (Å²) in [6.45, 7) is 1.84. The molecule has 0 amide bonds. The van der Waals surface area contributed by atoms with Gasteiger partial charge in [-0.15, -0.1) is 5.10 Å². The molecule has 0 unspecified atom stereocenters. The minimum absolute atomic E-state index is 0.0666. The fourth-order valence-electron chi connectivity index (χ4n) is 1.50. The Balaban J connectivity index is 0.000000149. The van der Waals surface area contributed by atoms with E-state index in [1.807, 2.05) is 31.2 Å². The van der Waals surface area contributed by atoms with E-state index in [4.69, 9.17) is 4.55 Å². The molecule has 2 N–H and O–H groups in total. The van der Waals surface area contributed by atoms with Crippen LogP contribution in [0.3, 0.4) is 0 Å². The maximum absolute atomic E-state index is 10.5. The molecular formula is C13H13N3O3S. The molecule has 0 radical (unpaired) electrons. The highest BCUT2D eigenvalue weighted by Gasteiger charge is 2.06. The van der Waals surface area contributed by atoms with Crippen molar-refractivity contribution in [3.8, 4) is 0 Å². The molecule has 0 aliphatic carbocycles. The van der Waals surface area contributed by atoms with Crippen LogP contribution < -0.4 is 0 Å². The summed E-state index contributed by atoms with van der Waals surface area (Å²) in [4.78, 5) is -0.0666. The van der Waals surface area contributed by atoms with Crippen LogP contribution in [0.15, 0.2) is 53.4 Å². The Labute approximate surface area is 116 Å². The van der Waals surface area contributed by atoms with E-state index in [9.17, 15) is 8.42 Å². The number of nitrogens with one attached hydrogen (secondary N) is 1. The van der Waals surface area contributed by atoms with Crippen LogP contribution >= 0.6 is 0 Å². The molecule has 0 atom stereocenters. The topological polar surface area (TPSA) is 95.9 Å². The number of para-hydroxylation sites is 1. The Hall–Kier alpha value is -2.25. The van der Waals surface area contributed by atoms with Crippen molar-refractivity contribution >= 4 is 21.2 Å². The lowest BCUT2D eigenvalue weighted by molar-refractivity contribution is 0.483. The average molecular weight is 291 g/mol. The van der Waals surface area contributed by atoms with Crippen molar-refractivity contribution in [2.75, 3.05) is 0 Å². The van der Waals surface area contributed by atoms with Gasteiger partial charge in [0.15, 0.2) is 0 Å². The maximum Gasteiger partial charge on any atom is 0.294 e. The first kappa shape index (κ1) is 14.2. The van der Waals surface area contributed by atoms with Gasteiger partial charge in [-0.2, -0.15) is 8.42 Å². The number of nitrogens with zero attached hydrogens (tertiary/aromatic N) is 2. The molecule has 0 saturated carbocycles. The van der Waals surface area contributed by atoms with Crippen molar-refractivity contribution < 1.29 is 13.0 Å². The Morgan fingerprint density at radius 1 is 1.05 bits per heavy atom. The molecule has 1 aromatic heterocycles. The van der Waals surface area contributed by atoms with E-state index < -0.39 is 10.1 Å². The van der Waals surface area contributed by atoms with Crippen molar-refractivity contribution in [2.45, 2.75) is 11.8 Å². The normalized spacial score (nSPS) is 10.9. The van der Waals surface area contributed by atoms with Crippen LogP contribution in [0, 0.1) is 6.92 Å². The molecule has 7 heteroatoms. The number of aromatic amines is 1. The third-order valence-electron chi connectivity index (χ3n) is 2.55. The number of benzene rings is 2. The summed E-state index contributed by atoms with van der Waals surface area (Å²) in [5.41, 5.74) is 2.85. The highest BCUT2D eigenvalue weighted by molar-refractivity contribution is 7.85. The van der Waals surface area contributed by atoms with Crippen LogP contribution in [0.2, 0.25) is 0 Å². The van der Waals surface area contributed by atoms with Crippen LogP contribution in [-0.4, -0.2) is 28.4 Å². The van der Waals surface area contributed by atoms with Crippen molar-refractivity contribution in [2.24, 2.45) is 0 Å². The molecular weight excluding hydrogens is 278 g/mol. The molecule has 1 heterocycles. The van der Waals surface area contributed by atoms with E-state index >= 15 is 0 Å². The predicted octanol–water partition coefficient (Wildman–Crippen LogP) is 2.20. The Bertz CT molecular complexity index is 765. The molecule has 3 rings (SSSR count). The third kappa shape index (κ3) is 3.62. The third-order valence-corrected chi connectivity index (χ3v) is 3.42. The largest absolute Gasteiger partial charge is 0.294 e.